The quantitative estimate of drug-likeness (QED) is 0.777. The molecular weight excluding hydrogens is 214 g/mol. The third-order valence-corrected chi connectivity index (χ3v) is 3.27. The summed E-state index contributed by atoms with van der Waals surface area (Å²) in [6.45, 7) is 1.77. The molecule has 0 saturated heterocycles. The second-order valence-corrected chi connectivity index (χ2v) is 4.23. The average molecular weight is 229 g/mol. The van der Waals surface area contributed by atoms with Crippen molar-refractivity contribution in [3.05, 3.63) is 29.5 Å². The minimum Gasteiger partial charge on any atom is -0.494 e. The van der Waals surface area contributed by atoms with Crippen molar-refractivity contribution in [2.24, 2.45) is 0 Å². The Balaban J connectivity index is 2.35. The van der Waals surface area contributed by atoms with E-state index in [1.165, 1.54) is 0 Å². The van der Waals surface area contributed by atoms with Crippen LogP contribution in [-0.4, -0.2) is 18.6 Å². The molecule has 4 nitrogen and oxygen atoms in total. The number of nitrogens with zero attached hydrogens (tertiary/aromatic N) is 1. The predicted molar refractivity (Wildman–Crippen MR) is 68.1 cm³/mol. The Morgan fingerprint density at radius 2 is 2.29 bits per heavy atom. The third-order valence-electron chi connectivity index (χ3n) is 3.27. The van der Waals surface area contributed by atoms with E-state index in [9.17, 15) is 0 Å². The molecule has 88 valence electrons. The number of ether oxygens (including phenoxy) is 1. The van der Waals surface area contributed by atoms with Gasteiger partial charge in [0.05, 0.1) is 7.11 Å². The van der Waals surface area contributed by atoms with Crippen molar-refractivity contribution in [2.75, 3.05) is 19.4 Å². The molecule has 0 aliphatic carbocycles. The molecule has 17 heavy (non-hydrogen) atoms. The Morgan fingerprint density at radius 1 is 1.41 bits per heavy atom. The molecule has 2 heterocycles. The van der Waals surface area contributed by atoms with Gasteiger partial charge in [0.15, 0.2) is 0 Å². The molecule has 1 aromatic carbocycles. The number of nitrogen functional groups attached to an aromatic ring is 1. The minimum atomic E-state index is 0.788. The lowest BCUT2D eigenvalue weighted by molar-refractivity contribution is 0.418. The fraction of sp³-hybridized carbons (Fsp3) is 0.308. The first-order chi connectivity index (χ1) is 8.31. The zero-order valence-corrected chi connectivity index (χ0v) is 9.79. The first-order valence-electron chi connectivity index (χ1n) is 5.76. The van der Waals surface area contributed by atoms with Crippen LogP contribution in [0, 0.1) is 0 Å². The first-order valence-corrected chi connectivity index (χ1v) is 5.76. The Kier molecular flexibility index (Phi) is 2.37. The number of fused-ring (bicyclic) bond motifs is 2. The minimum absolute atomic E-state index is 0.788. The molecule has 0 atom stereocenters. The van der Waals surface area contributed by atoms with Crippen molar-refractivity contribution in [1.29, 1.82) is 0 Å². The molecule has 0 amide bonds. The smallest absolute Gasteiger partial charge is 0.145 e. The summed E-state index contributed by atoms with van der Waals surface area (Å²) in [6.07, 6.45) is 0.924. The number of methoxy groups -OCH3 is 1. The van der Waals surface area contributed by atoms with Crippen LogP contribution in [0.15, 0.2) is 18.2 Å². The summed E-state index contributed by atoms with van der Waals surface area (Å²) in [5, 5.41) is 4.30. The fourth-order valence-corrected chi connectivity index (χ4v) is 2.36. The molecule has 0 saturated carbocycles. The maximum Gasteiger partial charge on any atom is 0.145 e. The molecule has 0 bridgehead atoms. The van der Waals surface area contributed by atoms with Crippen molar-refractivity contribution < 1.29 is 4.74 Å². The largest absolute Gasteiger partial charge is 0.494 e. The fourth-order valence-electron chi connectivity index (χ4n) is 2.36. The molecule has 1 aliphatic rings. The molecule has 2 aromatic rings. The normalized spacial score (nSPS) is 14.6. The van der Waals surface area contributed by atoms with Crippen LogP contribution in [0.3, 0.4) is 0 Å². The number of pyridine rings is 1. The van der Waals surface area contributed by atoms with E-state index in [0.29, 0.717) is 0 Å². The van der Waals surface area contributed by atoms with Gasteiger partial charge in [-0.15, -0.1) is 0 Å². The van der Waals surface area contributed by atoms with Gasteiger partial charge in [-0.25, -0.2) is 4.98 Å². The van der Waals surface area contributed by atoms with E-state index < -0.39 is 0 Å². The standard InChI is InChI=1S/C13H15N3O/c1-17-11-4-2-3-8-12(14)9-7-15-6-5-10(9)16-13(8)11/h2-4,15H,5-7H2,1H3,(H2,14,16). The number of nitrogens with one attached hydrogen (secondary N) is 1. The van der Waals surface area contributed by atoms with Crippen LogP contribution < -0.4 is 15.8 Å². The molecule has 1 aromatic heterocycles. The van der Waals surface area contributed by atoms with Gasteiger partial charge in [-0.1, -0.05) is 12.1 Å². The first kappa shape index (κ1) is 10.4. The maximum atomic E-state index is 6.23. The number of nitrogens with two attached hydrogens (primary N) is 1. The van der Waals surface area contributed by atoms with Crippen molar-refractivity contribution in [3.8, 4) is 5.75 Å². The molecule has 3 N–H and O–H groups in total. The third kappa shape index (κ3) is 1.52. The molecule has 0 unspecified atom stereocenters. The molecule has 0 radical (unpaired) electrons. The van der Waals surface area contributed by atoms with Crippen LogP contribution in [0.25, 0.3) is 10.9 Å². The molecule has 0 fully saturated rings. The van der Waals surface area contributed by atoms with Crippen molar-refractivity contribution in [3.63, 3.8) is 0 Å². The Hall–Kier alpha value is -1.81. The summed E-state index contributed by atoms with van der Waals surface area (Å²) in [4.78, 5) is 4.70. The lowest BCUT2D eigenvalue weighted by atomic mass is 10.0. The van der Waals surface area contributed by atoms with Gasteiger partial charge in [0.1, 0.15) is 11.3 Å². The van der Waals surface area contributed by atoms with Crippen LogP contribution in [0.1, 0.15) is 11.3 Å². The van der Waals surface area contributed by atoms with Crippen molar-refractivity contribution in [1.82, 2.24) is 10.3 Å². The monoisotopic (exact) mass is 229 g/mol. The Morgan fingerprint density at radius 3 is 3.12 bits per heavy atom. The van der Waals surface area contributed by atoms with Crippen LogP contribution in [0.5, 0.6) is 5.75 Å². The highest BCUT2D eigenvalue weighted by molar-refractivity contribution is 5.95. The van der Waals surface area contributed by atoms with E-state index in [2.05, 4.69) is 5.32 Å². The zero-order chi connectivity index (χ0) is 11.8. The lowest BCUT2D eigenvalue weighted by Gasteiger charge is -2.20. The van der Waals surface area contributed by atoms with E-state index in [4.69, 9.17) is 15.5 Å². The molecule has 1 aliphatic heterocycles. The number of anilines is 1. The highest BCUT2D eigenvalue weighted by Gasteiger charge is 2.17. The lowest BCUT2D eigenvalue weighted by Crippen LogP contribution is -2.25. The number of rotatable bonds is 1. The van der Waals surface area contributed by atoms with E-state index in [-0.39, 0.29) is 0 Å². The van der Waals surface area contributed by atoms with E-state index in [1.807, 2.05) is 18.2 Å². The van der Waals surface area contributed by atoms with Gasteiger partial charge in [-0.05, 0) is 6.07 Å². The van der Waals surface area contributed by atoms with Crippen LogP contribution >= 0.6 is 0 Å². The highest BCUT2D eigenvalue weighted by Crippen LogP contribution is 2.32. The Bertz CT molecular complexity index is 580. The van der Waals surface area contributed by atoms with Gasteiger partial charge in [0.2, 0.25) is 0 Å². The van der Waals surface area contributed by atoms with Crippen molar-refractivity contribution >= 4 is 16.6 Å². The summed E-state index contributed by atoms with van der Waals surface area (Å²) in [5.74, 6) is 0.788. The van der Waals surface area contributed by atoms with E-state index in [0.717, 1.165) is 53.1 Å². The van der Waals surface area contributed by atoms with Gasteiger partial charge < -0.3 is 15.8 Å². The number of benzene rings is 1. The van der Waals surface area contributed by atoms with Crippen molar-refractivity contribution in [2.45, 2.75) is 13.0 Å². The van der Waals surface area contributed by atoms with Gasteiger partial charge >= 0.3 is 0 Å². The van der Waals surface area contributed by atoms with Crippen LogP contribution in [-0.2, 0) is 13.0 Å². The number of hydrogen-bond acceptors (Lipinski definition) is 4. The number of aromatic nitrogens is 1. The van der Waals surface area contributed by atoms with Gasteiger partial charge in [0.25, 0.3) is 0 Å². The summed E-state index contributed by atoms with van der Waals surface area (Å²) < 4.78 is 5.34. The van der Waals surface area contributed by atoms with Gasteiger partial charge in [-0.2, -0.15) is 0 Å². The second kappa shape index (κ2) is 3.89. The number of hydrogen-bond donors (Lipinski definition) is 2. The molecular formula is C13H15N3O. The van der Waals surface area contributed by atoms with Crippen LogP contribution in [0.4, 0.5) is 5.69 Å². The topological polar surface area (TPSA) is 60.2 Å². The predicted octanol–water partition coefficient (Wildman–Crippen LogP) is 1.47. The van der Waals surface area contributed by atoms with E-state index >= 15 is 0 Å². The summed E-state index contributed by atoms with van der Waals surface area (Å²) >= 11 is 0. The maximum absolute atomic E-state index is 6.23. The van der Waals surface area contributed by atoms with Crippen LogP contribution in [0.2, 0.25) is 0 Å². The Labute approximate surface area is 99.8 Å². The number of para-hydroxylation sites is 1. The summed E-state index contributed by atoms with van der Waals surface area (Å²) in [6, 6.07) is 5.86. The van der Waals surface area contributed by atoms with Gasteiger partial charge in [-0.3, -0.25) is 0 Å². The van der Waals surface area contributed by atoms with E-state index in [1.54, 1.807) is 7.11 Å². The molecule has 4 heteroatoms. The highest BCUT2D eigenvalue weighted by atomic mass is 16.5. The average Bonchev–Trinajstić information content (AvgIpc) is 2.38. The second-order valence-electron chi connectivity index (χ2n) is 4.23. The molecule has 3 rings (SSSR count). The van der Waals surface area contributed by atoms with Gasteiger partial charge in [0, 0.05) is 41.8 Å². The summed E-state index contributed by atoms with van der Waals surface area (Å²) in [5.41, 5.74) is 10.2. The molecule has 0 spiro atoms. The SMILES string of the molecule is COc1cccc2c(N)c3c(nc12)CCNC3. The summed E-state index contributed by atoms with van der Waals surface area (Å²) in [7, 11) is 1.66. The zero-order valence-electron chi connectivity index (χ0n) is 9.79.